The first-order valence-corrected chi connectivity index (χ1v) is 10.3. The van der Waals surface area contributed by atoms with Crippen molar-refractivity contribution in [1.82, 2.24) is 9.80 Å². The number of carbonyl (C=O) groups is 1. The van der Waals surface area contributed by atoms with E-state index in [1.807, 2.05) is 0 Å². The fraction of sp³-hybridized carbons (Fsp3) is 0.476. The molecule has 1 aliphatic heterocycles. The molecule has 0 saturated carbocycles. The van der Waals surface area contributed by atoms with Crippen molar-refractivity contribution >= 4 is 17.2 Å². The molecule has 1 aromatic carbocycles. The highest BCUT2D eigenvalue weighted by atomic mass is 32.1. The first-order chi connectivity index (χ1) is 12.7. The molecule has 3 rings (SSSR count). The molecular formula is C21H29N3OS. The van der Waals surface area contributed by atoms with Gasteiger partial charge in [-0.2, -0.15) is 0 Å². The minimum atomic E-state index is 0.274. The van der Waals surface area contributed by atoms with Gasteiger partial charge in [-0.25, -0.2) is 0 Å². The molecule has 0 unspecified atom stereocenters. The normalized spacial score (nSPS) is 15.9. The van der Waals surface area contributed by atoms with Crippen molar-refractivity contribution < 1.29 is 4.79 Å². The van der Waals surface area contributed by atoms with Gasteiger partial charge in [0.25, 0.3) is 0 Å². The highest BCUT2D eigenvalue weighted by Crippen LogP contribution is 2.21. The maximum atomic E-state index is 13.0. The molecule has 1 aliphatic rings. The number of nitrogens with zero attached hydrogens (tertiary/aromatic N) is 2. The third kappa shape index (κ3) is 5.16. The Morgan fingerprint density at radius 1 is 1.19 bits per heavy atom. The smallest absolute Gasteiger partial charge is 0.223 e. The Morgan fingerprint density at radius 3 is 2.50 bits per heavy atom. The lowest BCUT2D eigenvalue weighted by Gasteiger charge is -2.37. The van der Waals surface area contributed by atoms with Gasteiger partial charge in [0.1, 0.15) is 0 Å². The molecule has 0 spiro atoms. The van der Waals surface area contributed by atoms with Gasteiger partial charge in [-0.05, 0) is 62.0 Å². The van der Waals surface area contributed by atoms with E-state index >= 15 is 0 Å². The van der Waals surface area contributed by atoms with E-state index in [9.17, 15) is 4.79 Å². The van der Waals surface area contributed by atoms with Crippen LogP contribution in [0.15, 0.2) is 41.8 Å². The van der Waals surface area contributed by atoms with E-state index < -0.39 is 0 Å². The van der Waals surface area contributed by atoms with Gasteiger partial charge < -0.3 is 15.5 Å². The number of thiophene rings is 1. The minimum Gasteiger partial charge on any atom is -0.335 e. The maximum Gasteiger partial charge on any atom is 0.223 e. The van der Waals surface area contributed by atoms with Gasteiger partial charge in [-0.3, -0.25) is 4.79 Å². The first-order valence-electron chi connectivity index (χ1n) is 9.44. The van der Waals surface area contributed by atoms with Crippen LogP contribution in [-0.4, -0.2) is 41.9 Å². The third-order valence-electron chi connectivity index (χ3n) is 5.23. The van der Waals surface area contributed by atoms with Crippen LogP contribution in [0.3, 0.4) is 0 Å². The Morgan fingerprint density at radius 2 is 1.88 bits per heavy atom. The molecule has 1 fully saturated rings. The van der Waals surface area contributed by atoms with Crippen molar-refractivity contribution in [1.29, 1.82) is 0 Å². The molecular weight excluding hydrogens is 342 g/mol. The van der Waals surface area contributed by atoms with Gasteiger partial charge in [-0.1, -0.05) is 30.3 Å². The Labute approximate surface area is 160 Å². The molecule has 0 aliphatic carbocycles. The van der Waals surface area contributed by atoms with E-state index in [0.29, 0.717) is 25.6 Å². The molecule has 1 amide bonds. The van der Waals surface area contributed by atoms with Crippen molar-refractivity contribution in [2.45, 2.75) is 44.8 Å². The molecule has 1 saturated heterocycles. The van der Waals surface area contributed by atoms with Gasteiger partial charge in [-0.15, -0.1) is 11.3 Å². The highest BCUT2D eigenvalue weighted by molar-refractivity contribution is 7.09. The zero-order valence-corrected chi connectivity index (χ0v) is 16.4. The molecule has 26 heavy (non-hydrogen) atoms. The number of carbonyl (C=O) groups excluding carboxylic acids is 1. The van der Waals surface area contributed by atoms with Crippen LogP contribution in [0.4, 0.5) is 0 Å². The number of hydrogen-bond acceptors (Lipinski definition) is 4. The summed E-state index contributed by atoms with van der Waals surface area (Å²) in [6.07, 6.45) is 3.55. The quantitative estimate of drug-likeness (QED) is 0.813. The second-order valence-corrected chi connectivity index (χ2v) is 8.19. The largest absolute Gasteiger partial charge is 0.335 e. The highest BCUT2D eigenvalue weighted by Gasteiger charge is 2.26. The van der Waals surface area contributed by atoms with E-state index in [1.54, 1.807) is 11.3 Å². The van der Waals surface area contributed by atoms with E-state index in [0.717, 1.165) is 37.9 Å². The average Bonchev–Trinajstić information content (AvgIpc) is 3.19. The van der Waals surface area contributed by atoms with Crippen molar-refractivity contribution in [3.8, 4) is 0 Å². The van der Waals surface area contributed by atoms with Crippen molar-refractivity contribution in [2.24, 2.45) is 5.73 Å². The number of aryl methyl sites for hydroxylation is 1. The predicted molar refractivity (Wildman–Crippen MR) is 108 cm³/mol. The van der Waals surface area contributed by atoms with Crippen LogP contribution in [0.1, 0.15) is 35.3 Å². The second kappa shape index (κ2) is 9.31. The zero-order chi connectivity index (χ0) is 18.4. The van der Waals surface area contributed by atoms with Gasteiger partial charge in [0, 0.05) is 30.4 Å². The van der Waals surface area contributed by atoms with Crippen LogP contribution in [-0.2, 0) is 24.3 Å². The van der Waals surface area contributed by atoms with Crippen molar-refractivity contribution in [3.63, 3.8) is 0 Å². The summed E-state index contributed by atoms with van der Waals surface area (Å²) in [5.74, 6) is 0.274. The average molecular weight is 372 g/mol. The number of hydrogen-bond donors (Lipinski definition) is 1. The topological polar surface area (TPSA) is 49.6 Å². The van der Waals surface area contributed by atoms with Gasteiger partial charge in [0.2, 0.25) is 5.91 Å². The molecule has 140 valence electrons. The first kappa shape index (κ1) is 19.1. The Bertz CT molecular complexity index is 676. The fourth-order valence-electron chi connectivity index (χ4n) is 3.53. The molecule has 1 aromatic heterocycles. The summed E-state index contributed by atoms with van der Waals surface area (Å²) in [7, 11) is 2.16. The van der Waals surface area contributed by atoms with Crippen LogP contribution in [0.5, 0.6) is 0 Å². The van der Waals surface area contributed by atoms with Crippen molar-refractivity contribution in [3.05, 3.63) is 57.8 Å². The molecule has 2 aromatic rings. The number of nitrogens with two attached hydrogens (primary N) is 1. The predicted octanol–water partition coefficient (Wildman–Crippen LogP) is 3.26. The molecule has 4 nitrogen and oxygen atoms in total. The number of rotatable bonds is 7. The third-order valence-corrected chi connectivity index (χ3v) is 6.16. The SMILES string of the molecule is CN1CCC(N(Cc2ccc(CN)cc2)C(=O)CCc2cccs2)CC1. The monoisotopic (exact) mass is 371 g/mol. The van der Waals surface area contributed by atoms with Crippen LogP contribution < -0.4 is 5.73 Å². The summed E-state index contributed by atoms with van der Waals surface area (Å²) in [6, 6.07) is 12.9. The summed E-state index contributed by atoms with van der Waals surface area (Å²) in [4.78, 5) is 18.8. The maximum absolute atomic E-state index is 13.0. The van der Waals surface area contributed by atoms with E-state index in [-0.39, 0.29) is 5.91 Å². The van der Waals surface area contributed by atoms with Crippen LogP contribution in [0, 0.1) is 0 Å². The molecule has 5 heteroatoms. The van der Waals surface area contributed by atoms with Crippen molar-refractivity contribution in [2.75, 3.05) is 20.1 Å². The molecule has 2 heterocycles. The van der Waals surface area contributed by atoms with Crippen LogP contribution >= 0.6 is 11.3 Å². The molecule has 0 radical (unpaired) electrons. The summed E-state index contributed by atoms with van der Waals surface area (Å²) >= 11 is 1.73. The number of likely N-dealkylation sites (tertiary alicyclic amines) is 1. The lowest BCUT2D eigenvalue weighted by molar-refractivity contribution is -0.135. The Hall–Kier alpha value is -1.69. The van der Waals surface area contributed by atoms with Crippen LogP contribution in [0.25, 0.3) is 0 Å². The standard InChI is InChI=1S/C21H29N3OS/c1-23-12-10-19(11-13-23)24(16-18-6-4-17(15-22)5-7-18)21(25)9-8-20-3-2-14-26-20/h2-7,14,19H,8-13,15-16,22H2,1H3. The summed E-state index contributed by atoms with van der Waals surface area (Å²) in [6.45, 7) is 3.37. The lowest BCUT2D eigenvalue weighted by Crippen LogP contribution is -2.46. The minimum absolute atomic E-state index is 0.274. The molecule has 0 atom stereocenters. The lowest BCUT2D eigenvalue weighted by atomic mass is 10.0. The van der Waals surface area contributed by atoms with Gasteiger partial charge in [0.15, 0.2) is 0 Å². The van der Waals surface area contributed by atoms with Gasteiger partial charge >= 0.3 is 0 Å². The van der Waals surface area contributed by atoms with E-state index in [2.05, 4.69) is 58.6 Å². The zero-order valence-electron chi connectivity index (χ0n) is 15.6. The number of amides is 1. The summed E-state index contributed by atoms with van der Waals surface area (Å²) < 4.78 is 0. The van der Waals surface area contributed by atoms with Gasteiger partial charge in [0.05, 0.1) is 0 Å². The number of benzene rings is 1. The fourth-order valence-corrected chi connectivity index (χ4v) is 4.24. The van der Waals surface area contributed by atoms with E-state index in [1.165, 1.54) is 10.4 Å². The molecule has 2 N–H and O–H groups in total. The van der Waals surface area contributed by atoms with Crippen LogP contribution in [0.2, 0.25) is 0 Å². The summed E-state index contributed by atoms with van der Waals surface area (Å²) in [5.41, 5.74) is 8.01. The summed E-state index contributed by atoms with van der Waals surface area (Å²) in [5, 5.41) is 2.08. The Kier molecular flexibility index (Phi) is 6.83. The molecule has 0 bridgehead atoms. The Balaban J connectivity index is 1.68. The van der Waals surface area contributed by atoms with E-state index in [4.69, 9.17) is 5.73 Å². The number of piperidine rings is 1. The second-order valence-electron chi connectivity index (χ2n) is 7.16.